The third-order valence-electron chi connectivity index (χ3n) is 3.22. The average molecular weight is 259 g/mol. The van der Waals surface area contributed by atoms with Gasteiger partial charge < -0.3 is 19.5 Å². The molecule has 1 aliphatic heterocycles. The molecule has 0 aromatic heterocycles. The van der Waals surface area contributed by atoms with Gasteiger partial charge in [-0.25, -0.2) is 4.79 Å². The summed E-state index contributed by atoms with van der Waals surface area (Å²) < 4.78 is 10.8. The monoisotopic (exact) mass is 259 g/mol. The number of piperidine rings is 1. The summed E-state index contributed by atoms with van der Waals surface area (Å²) in [5.41, 5.74) is 0. The Morgan fingerprint density at radius 3 is 2.83 bits per heavy atom. The van der Waals surface area contributed by atoms with Gasteiger partial charge in [-0.1, -0.05) is 0 Å². The molecule has 0 aromatic rings. The van der Waals surface area contributed by atoms with Gasteiger partial charge in [-0.15, -0.1) is 0 Å². The van der Waals surface area contributed by atoms with E-state index in [-0.39, 0.29) is 0 Å². The second kappa shape index (κ2) is 8.45. The fraction of sp³-hybridized carbons (Fsp3) is 0.923. The molecule has 0 aromatic carbocycles. The first-order valence-corrected chi connectivity index (χ1v) is 6.85. The molecule has 5 heteroatoms. The number of aliphatic carboxylic acids is 1. The summed E-state index contributed by atoms with van der Waals surface area (Å²) in [6.45, 7) is 7.72. The molecule has 1 rings (SSSR count). The number of rotatable bonds is 8. The van der Waals surface area contributed by atoms with Gasteiger partial charge >= 0.3 is 5.97 Å². The minimum absolute atomic E-state index is 0.305. The van der Waals surface area contributed by atoms with Crippen molar-refractivity contribution in [3.8, 4) is 0 Å². The van der Waals surface area contributed by atoms with Crippen LogP contribution in [0.4, 0.5) is 0 Å². The van der Waals surface area contributed by atoms with Crippen LogP contribution in [-0.2, 0) is 14.3 Å². The van der Waals surface area contributed by atoms with Crippen molar-refractivity contribution in [3.63, 3.8) is 0 Å². The van der Waals surface area contributed by atoms with Crippen LogP contribution >= 0.6 is 0 Å². The Labute approximate surface area is 109 Å². The van der Waals surface area contributed by atoms with Crippen LogP contribution in [0.15, 0.2) is 0 Å². The van der Waals surface area contributed by atoms with E-state index < -0.39 is 12.1 Å². The zero-order chi connectivity index (χ0) is 13.4. The quantitative estimate of drug-likeness (QED) is 0.713. The van der Waals surface area contributed by atoms with Crippen molar-refractivity contribution in [3.05, 3.63) is 0 Å². The highest BCUT2D eigenvalue weighted by atomic mass is 16.5. The van der Waals surface area contributed by atoms with E-state index in [0.717, 1.165) is 39.1 Å². The fourth-order valence-corrected chi connectivity index (χ4v) is 2.37. The first-order chi connectivity index (χ1) is 8.67. The summed E-state index contributed by atoms with van der Waals surface area (Å²) in [6, 6.07) is 0. The summed E-state index contributed by atoms with van der Waals surface area (Å²) in [4.78, 5) is 13.2. The Hall–Kier alpha value is -0.650. The standard InChI is InChI=1S/C13H25NO4/c1-3-17-11-6-5-8-14(10-11)9-7-12(13(15)16)18-4-2/h11-12H,3-10H2,1-2H3,(H,15,16). The highest BCUT2D eigenvalue weighted by molar-refractivity contribution is 5.72. The molecule has 0 spiro atoms. The molecule has 2 atom stereocenters. The highest BCUT2D eigenvalue weighted by Gasteiger charge is 2.23. The predicted molar refractivity (Wildman–Crippen MR) is 68.8 cm³/mol. The van der Waals surface area contributed by atoms with Gasteiger partial charge in [-0.3, -0.25) is 0 Å². The zero-order valence-corrected chi connectivity index (χ0v) is 11.4. The maximum absolute atomic E-state index is 11.0. The molecule has 106 valence electrons. The number of ether oxygens (including phenoxy) is 2. The molecule has 0 amide bonds. The molecule has 1 aliphatic rings. The Morgan fingerprint density at radius 2 is 2.22 bits per heavy atom. The van der Waals surface area contributed by atoms with Crippen LogP contribution in [0.25, 0.3) is 0 Å². The summed E-state index contributed by atoms with van der Waals surface area (Å²) in [6.07, 6.45) is 2.40. The van der Waals surface area contributed by atoms with Gasteiger partial charge in [0.05, 0.1) is 6.10 Å². The van der Waals surface area contributed by atoms with Crippen molar-refractivity contribution in [2.45, 2.75) is 45.3 Å². The topological polar surface area (TPSA) is 59.0 Å². The number of carboxylic acids is 1. The lowest BCUT2D eigenvalue weighted by Gasteiger charge is -2.32. The van der Waals surface area contributed by atoms with Crippen LogP contribution in [0.1, 0.15) is 33.1 Å². The van der Waals surface area contributed by atoms with Gasteiger partial charge in [0.25, 0.3) is 0 Å². The van der Waals surface area contributed by atoms with Gasteiger partial charge in [0.1, 0.15) is 0 Å². The van der Waals surface area contributed by atoms with Crippen molar-refractivity contribution < 1.29 is 19.4 Å². The largest absolute Gasteiger partial charge is 0.479 e. The number of nitrogens with zero attached hydrogens (tertiary/aromatic N) is 1. The van der Waals surface area contributed by atoms with Gasteiger partial charge in [-0.05, 0) is 39.7 Å². The molecule has 1 saturated heterocycles. The van der Waals surface area contributed by atoms with Crippen molar-refractivity contribution in [1.82, 2.24) is 4.90 Å². The number of carbonyl (C=O) groups is 1. The lowest BCUT2D eigenvalue weighted by molar-refractivity contribution is -0.150. The fourth-order valence-electron chi connectivity index (χ4n) is 2.37. The molecule has 1 heterocycles. The molecule has 2 unspecified atom stereocenters. The Balaban J connectivity index is 2.30. The third-order valence-corrected chi connectivity index (χ3v) is 3.22. The van der Waals surface area contributed by atoms with Crippen molar-refractivity contribution >= 4 is 5.97 Å². The Bertz CT molecular complexity index is 245. The number of likely N-dealkylation sites (tertiary alicyclic amines) is 1. The van der Waals surface area contributed by atoms with Crippen LogP contribution in [-0.4, -0.2) is 61.0 Å². The third kappa shape index (κ3) is 5.33. The minimum atomic E-state index is -0.866. The lowest BCUT2D eigenvalue weighted by Crippen LogP contribution is -2.41. The second-order valence-corrected chi connectivity index (χ2v) is 4.59. The molecule has 0 bridgehead atoms. The Kier molecular flexibility index (Phi) is 7.23. The van der Waals surface area contributed by atoms with E-state index in [0.29, 0.717) is 19.1 Å². The van der Waals surface area contributed by atoms with E-state index in [1.807, 2.05) is 13.8 Å². The molecule has 0 radical (unpaired) electrons. The molecule has 0 saturated carbocycles. The molecule has 0 aliphatic carbocycles. The summed E-state index contributed by atoms with van der Waals surface area (Å²) in [7, 11) is 0. The second-order valence-electron chi connectivity index (χ2n) is 4.59. The van der Waals surface area contributed by atoms with Gasteiger partial charge in [0.15, 0.2) is 6.10 Å². The molecule has 18 heavy (non-hydrogen) atoms. The first kappa shape index (κ1) is 15.4. The molecular weight excluding hydrogens is 234 g/mol. The lowest BCUT2D eigenvalue weighted by atomic mass is 10.1. The average Bonchev–Trinajstić information content (AvgIpc) is 2.35. The minimum Gasteiger partial charge on any atom is -0.479 e. The van der Waals surface area contributed by atoms with Crippen LogP contribution < -0.4 is 0 Å². The van der Waals surface area contributed by atoms with Crippen LogP contribution in [0.5, 0.6) is 0 Å². The van der Waals surface area contributed by atoms with E-state index in [1.165, 1.54) is 0 Å². The normalized spacial score (nSPS) is 22.9. The molecular formula is C13H25NO4. The van der Waals surface area contributed by atoms with E-state index in [2.05, 4.69) is 4.90 Å². The van der Waals surface area contributed by atoms with Crippen molar-refractivity contribution in [1.29, 1.82) is 0 Å². The predicted octanol–water partition coefficient (Wildman–Crippen LogP) is 1.37. The Morgan fingerprint density at radius 1 is 1.44 bits per heavy atom. The van der Waals surface area contributed by atoms with Gasteiger partial charge in [-0.2, -0.15) is 0 Å². The molecule has 5 nitrogen and oxygen atoms in total. The maximum Gasteiger partial charge on any atom is 0.332 e. The summed E-state index contributed by atoms with van der Waals surface area (Å²) >= 11 is 0. The van der Waals surface area contributed by atoms with Crippen molar-refractivity contribution in [2.24, 2.45) is 0 Å². The number of hydrogen-bond donors (Lipinski definition) is 1. The summed E-state index contributed by atoms with van der Waals surface area (Å²) in [5, 5.41) is 9.00. The smallest absolute Gasteiger partial charge is 0.332 e. The maximum atomic E-state index is 11.0. The number of hydrogen-bond acceptors (Lipinski definition) is 4. The molecule has 1 fully saturated rings. The summed E-state index contributed by atoms with van der Waals surface area (Å²) in [5.74, 6) is -0.866. The SMILES string of the molecule is CCOC1CCCN(CCC(OCC)C(=O)O)C1. The number of carboxylic acid groups (broad SMARTS) is 1. The van der Waals surface area contributed by atoms with Crippen LogP contribution in [0.3, 0.4) is 0 Å². The van der Waals surface area contributed by atoms with Gasteiger partial charge in [0.2, 0.25) is 0 Å². The van der Waals surface area contributed by atoms with E-state index >= 15 is 0 Å². The van der Waals surface area contributed by atoms with E-state index in [1.54, 1.807) is 0 Å². The zero-order valence-electron chi connectivity index (χ0n) is 11.4. The van der Waals surface area contributed by atoms with Crippen LogP contribution in [0.2, 0.25) is 0 Å². The van der Waals surface area contributed by atoms with Crippen molar-refractivity contribution in [2.75, 3.05) is 32.8 Å². The van der Waals surface area contributed by atoms with Crippen LogP contribution in [0, 0.1) is 0 Å². The van der Waals surface area contributed by atoms with Gasteiger partial charge in [0, 0.05) is 26.3 Å². The first-order valence-electron chi connectivity index (χ1n) is 6.85. The van der Waals surface area contributed by atoms with E-state index in [9.17, 15) is 4.79 Å². The highest BCUT2D eigenvalue weighted by Crippen LogP contribution is 2.14. The van der Waals surface area contributed by atoms with E-state index in [4.69, 9.17) is 14.6 Å². The molecule has 1 N–H and O–H groups in total.